The highest BCUT2D eigenvalue weighted by molar-refractivity contribution is 5.66. The predicted octanol–water partition coefficient (Wildman–Crippen LogP) is 2.96. The van der Waals surface area contributed by atoms with Crippen LogP contribution in [0.1, 0.15) is 53.4 Å². The summed E-state index contributed by atoms with van der Waals surface area (Å²) in [6.45, 7) is 9.18. The first-order valence-electron chi connectivity index (χ1n) is 10.6. The van der Waals surface area contributed by atoms with E-state index in [1.807, 2.05) is 6.92 Å². The molecule has 28 heavy (non-hydrogen) atoms. The van der Waals surface area contributed by atoms with Crippen LogP contribution in [0.3, 0.4) is 0 Å². The molecular weight excluding hydrogens is 366 g/mol. The lowest BCUT2D eigenvalue weighted by atomic mass is 9.58. The van der Waals surface area contributed by atoms with Gasteiger partial charge in [-0.3, -0.25) is 0 Å². The van der Waals surface area contributed by atoms with Crippen LogP contribution in [0.25, 0.3) is 0 Å². The lowest BCUT2D eigenvalue weighted by Crippen LogP contribution is -2.70. The normalized spacial score (nSPS) is 47.1. The Hall–Kier alpha value is -0.930. The molecule has 0 aromatic carbocycles. The van der Waals surface area contributed by atoms with Crippen LogP contribution in [0, 0.1) is 23.7 Å². The molecule has 1 N–H and O–H groups in total. The van der Waals surface area contributed by atoms with Crippen LogP contribution in [-0.2, 0) is 28.7 Å². The van der Waals surface area contributed by atoms with E-state index in [9.17, 15) is 4.79 Å². The van der Waals surface area contributed by atoms with Gasteiger partial charge < -0.3 is 24.3 Å². The lowest BCUT2D eigenvalue weighted by Gasteiger charge is -2.60. The molecule has 4 heterocycles. The number of alkyl carbamates (subject to hydrolysis) is 1. The zero-order chi connectivity index (χ0) is 19.9. The largest absolute Gasteiger partial charge is 0.450 e. The number of carbonyl (C=O) groups is 1. The third-order valence-corrected chi connectivity index (χ3v) is 7.03. The number of nitrogens with one attached hydrogen (secondary N) is 1. The Kier molecular flexibility index (Phi) is 5.61. The summed E-state index contributed by atoms with van der Waals surface area (Å²) in [5.41, 5.74) is -0.573. The Bertz CT molecular complexity index is 589. The fraction of sp³-hybridized carbons (Fsp3) is 0.950. The highest BCUT2D eigenvalue weighted by atomic mass is 17.3. The molecule has 8 heteroatoms. The number of fused-ring (bicyclic) bond motifs is 2. The smallest absolute Gasteiger partial charge is 0.407 e. The molecular formula is C20H33NO7. The van der Waals surface area contributed by atoms with E-state index in [2.05, 4.69) is 19.2 Å². The molecule has 1 amide bonds. The first kappa shape index (κ1) is 20.3. The number of rotatable bonds is 5. The average Bonchev–Trinajstić information content (AvgIpc) is 2.89. The second kappa shape index (κ2) is 7.72. The molecule has 4 aliphatic heterocycles. The van der Waals surface area contributed by atoms with Gasteiger partial charge in [-0.2, -0.15) is 0 Å². The quantitative estimate of drug-likeness (QED) is 0.562. The maximum atomic E-state index is 11.4. The molecule has 0 aromatic heterocycles. The van der Waals surface area contributed by atoms with Gasteiger partial charge in [0.2, 0.25) is 5.79 Å². The summed E-state index contributed by atoms with van der Waals surface area (Å²) in [5.74, 6) is 0.457. The summed E-state index contributed by atoms with van der Waals surface area (Å²) in [6.07, 6.45) is 2.63. The van der Waals surface area contributed by atoms with E-state index >= 15 is 0 Å². The molecule has 8 nitrogen and oxygen atoms in total. The lowest BCUT2D eigenvalue weighted by molar-refractivity contribution is -0.577. The van der Waals surface area contributed by atoms with Crippen molar-refractivity contribution in [2.45, 2.75) is 77.3 Å². The minimum Gasteiger partial charge on any atom is -0.450 e. The summed E-state index contributed by atoms with van der Waals surface area (Å²) in [4.78, 5) is 23.3. The van der Waals surface area contributed by atoms with Gasteiger partial charge in [-0.25, -0.2) is 14.6 Å². The Balaban J connectivity index is 1.46. The van der Waals surface area contributed by atoms with Crippen molar-refractivity contribution in [2.24, 2.45) is 23.7 Å². The van der Waals surface area contributed by atoms with Gasteiger partial charge in [0.1, 0.15) is 0 Å². The van der Waals surface area contributed by atoms with E-state index in [4.69, 9.17) is 28.7 Å². The van der Waals surface area contributed by atoms with Crippen molar-refractivity contribution in [3.8, 4) is 0 Å². The van der Waals surface area contributed by atoms with E-state index in [0.29, 0.717) is 31.6 Å². The average molecular weight is 399 g/mol. The van der Waals surface area contributed by atoms with Crippen molar-refractivity contribution >= 4 is 6.09 Å². The summed E-state index contributed by atoms with van der Waals surface area (Å²) < 4.78 is 23.5. The molecule has 1 spiro atoms. The molecule has 8 atom stereocenters. The predicted molar refractivity (Wildman–Crippen MR) is 97.8 cm³/mol. The van der Waals surface area contributed by atoms with Crippen LogP contribution in [0.5, 0.6) is 0 Å². The van der Waals surface area contributed by atoms with Crippen LogP contribution in [0.4, 0.5) is 4.79 Å². The minimum atomic E-state index is -0.784. The van der Waals surface area contributed by atoms with Gasteiger partial charge in [0, 0.05) is 24.8 Å². The number of ether oxygens (including phenoxy) is 4. The summed E-state index contributed by atoms with van der Waals surface area (Å²) in [7, 11) is 0. The molecule has 1 aliphatic carbocycles. The van der Waals surface area contributed by atoms with Crippen molar-refractivity contribution in [2.75, 3.05) is 19.8 Å². The van der Waals surface area contributed by atoms with Crippen LogP contribution < -0.4 is 5.32 Å². The van der Waals surface area contributed by atoms with Gasteiger partial charge in [0.15, 0.2) is 18.2 Å². The van der Waals surface area contributed by atoms with Crippen molar-refractivity contribution < 1.29 is 33.5 Å². The number of hydrogen-bond donors (Lipinski definition) is 1. The Labute approximate surface area is 166 Å². The first-order valence-corrected chi connectivity index (χ1v) is 10.6. The van der Waals surface area contributed by atoms with Gasteiger partial charge in [0.25, 0.3) is 0 Å². The van der Waals surface area contributed by atoms with Crippen molar-refractivity contribution in [1.29, 1.82) is 0 Å². The van der Waals surface area contributed by atoms with Crippen LogP contribution in [-0.4, -0.2) is 49.8 Å². The summed E-state index contributed by atoms with van der Waals surface area (Å²) >= 11 is 0. The minimum absolute atomic E-state index is 0.128. The maximum absolute atomic E-state index is 11.4. The van der Waals surface area contributed by atoms with Crippen molar-refractivity contribution in [1.82, 2.24) is 5.32 Å². The monoisotopic (exact) mass is 399 g/mol. The van der Waals surface area contributed by atoms with Crippen LogP contribution in [0.15, 0.2) is 0 Å². The molecule has 2 bridgehead atoms. The zero-order valence-corrected chi connectivity index (χ0v) is 17.3. The molecule has 1 saturated carbocycles. The summed E-state index contributed by atoms with van der Waals surface area (Å²) in [5, 5.41) is 2.67. The van der Waals surface area contributed by atoms with Gasteiger partial charge in [-0.15, -0.1) is 0 Å². The number of carbonyl (C=O) groups excluding carboxylic acids is 1. The van der Waals surface area contributed by atoms with Gasteiger partial charge in [-0.05, 0) is 44.9 Å². The third-order valence-electron chi connectivity index (χ3n) is 7.03. The van der Waals surface area contributed by atoms with Crippen LogP contribution in [0.2, 0.25) is 0 Å². The SMILES string of the molecule is CCOC(=O)NCCOC1O[C@@H]2OC3(C)CCC4[C@H](C)CCC([C@H]1C)[C@]42OO3. The number of hydrogen-bond acceptors (Lipinski definition) is 7. The molecule has 5 fully saturated rings. The van der Waals surface area contributed by atoms with Crippen molar-refractivity contribution in [3.05, 3.63) is 0 Å². The molecule has 5 rings (SSSR count). The fourth-order valence-electron chi connectivity index (χ4n) is 5.57. The Morgan fingerprint density at radius 2 is 2.00 bits per heavy atom. The standard InChI is InChI=1S/C20H33NO7/c1-5-23-18(22)21-10-11-24-16-13(3)15-7-6-12(2)14-8-9-19(4)26-17(25-16)20(14,15)28-27-19/h12-17H,5-11H2,1-4H3,(H,21,22)/t12-,13-,14?,15?,16?,17-,19?,20-/m1/s1. The van der Waals surface area contributed by atoms with Crippen molar-refractivity contribution in [3.63, 3.8) is 0 Å². The highest BCUT2D eigenvalue weighted by Gasteiger charge is 2.69. The molecule has 5 aliphatic rings. The molecule has 0 radical (unpaired) electrons. The third kappa shape index (κ3) is 3.33. The Morgan fingerprint density at radius 3 is 2.79 bits per heavy atom. The van der Waals surface area contributed by atoms with Crippen LogP contribution >= 0.6 is 0 Å². The molecule has 4 unspecified atom stereocenters. The van der Waals surface area contributed by atoms with Gasteiger partial charge in [-0.1, -0.05) is 13.8 Å². The Morgan fingerprint density at radius 1 is 1.18 bits per heavy atom. The van der Waals surface area contributed by atoms with E-state index in [1.54, 1.807) is 6.92 Å². The number of amides is 1. The summed E-state index contributed by atoms with van der Waals surface area (Å²) in [6, 6.07) is 0. The van der Waals surface area contributed by atoms with E-state index in [-0.39, 0.29) is 11.8 Å². The topological polar surface area (TPSA) is 84.5 Å². The second-order valence-electron chi connectivity index (χ2n) is 8.79. The van der Waals surface area contributed by atoms with E-state index in [1.165, 1.54) is 0 Å². The molecule has 4 saturated heterocycles. The maximum Gasteiger partial charge on any atom is 0.407 e. The fourth-order valence-corrected chi connectivity index (χ4v) is 5.57. The van der Waals surface area contributed by atoms with Gasteiger partial charge >= 0.3 is 6.09 Å². The highest BCUT2D eigenvalue weighted by Crippen LogP contribution is 2.60. The second-order valence-corrected chi connectivity index (χ2v) is 8.79. The zero-order valence-electron chi connectivity index (χ0n) is 17.3. The first-order chi connectivity index (χ1) is 13.4. The molecule has 0 aromatic rings. The van der Waals surface area contributed by atoms with Gasteiger partial charge in [0.05, 0.1) is 13.2 Å². The van der Waals surface area contributed by atoms with E-state index in [0.717, 1.165) is 25.7 Å². The molecule has 160 valence electrons. The van der Waals surface area contributed by atoms with E-state index < -0.39 is 30.1 Å².